The summed E-state index contributed by atoms with van der Waals surface area (Å²) < 4.78 is 1.95. The van der Waals surface area contributed by atoms with Gasteiger partial charge in [-0.3, -0.25) is 4.40 Å². The van der Waals surface area contributed by atoms with Gasteiger partial charge in [-0.25, -0.2) is 9.78 Å². The average Bonchev–Trinajstić information content (AvgIpc) is 3.02. The number of anilines is 1. The Bertz CT molecular complexity index is 734. The third-order valence-corrected chi connectivity index (χ3v) is 3.90. The number of imidazole rings is 1. The van der Waals surface area contributed by atoms with Crippen LogP contribution in [-0.2, 0) is 6.54 Å². The van der Waals surface area contributed by atoms with Crippen molar-refractivity contribution in [1.29, 1.82) is 0 Å². The quantitative estimate of drug-likeness (QED) is 0.779. The number of rotatable bonds is 3. The van der Waals surface area contributed by atoms with Crippen LogP contribution in [0.4, 0.5) is 10.5 Å². The molecule has 0 saturated heterocycles. The fourth-order valence-electron chi connectivity index (χ4n) is 1.78. The number of hydrogen-bond donors (Lipinski definition) is 2. The zero-order valence-electron chi connectivity index (χ0n) is 10.3. The van der Waals surface area contributed by atoms with Gasteiger partial charge in [-0.15, -0.1) is 11.3 Å². The van der Waals surface area contributed by atoms with Gasteiger partial charge in [0.25, 0.3) is 0 Å². The summed E-state index contributed by atoms with van der Waals surface area (Å²) in [6, 6.07) is 6.70. The molecule has 2 heterocycles. The van der Waals surface area contributed by atoms with E-state index in [2.05, 4.69) is 15.6 Å². The van der Waals surface area contributed by atoms with E-state index in [-0.39, 0.29) is 6.03 Å². The SMILES string of the molecule is O=C(NCc1csc2nccn12)Nc1ccc(Cl)cc1. The zero-order chi connectivity index (χ0) is 13.9. The summed E-state index contributed by atoms with van der Waals surface area (Å²) >= 11 is 7.33. The van der Waals surface area contributed by atoms with E-state index in [1.54, 1.807) is 41.8 Å². The number of carbonyl (C=O) groups excluding carboxylic acids is 1. The van der Waals surface area contributed by atoms with Gasteiger partial charge >= 0.3 is 6.03 Å². The largest absolute Gasteiger partial charge is 0.332 e. The Hall–Kier alpha value is -2.05. The minimum Gasteiger partial charge on any atom is -0.332 e. The van der Waals surface area contributed by atoms with Crippen LogP contribution in [0.1, 0.15) is 5.69 Å². The molecule has 1 aromatic carbocycles. The summed E-state index contributed by atoms with van der Waals surface area (Å²) in [4.78, 5) is 16.9. The van der Waals surface area contributed by atoms with Crippen molar-refractivity contribution in [3.8, 4) is 0 Å². The van der Waals surface area contributed by atoms with Crippen molar-refractivity contribution in [3.05, 3.63) is 52.8 Å². The average molecular weight is 307 g/mol. The van der Waals surface area contributed by atoms with Gasteiger partial charge in [0.05, 0.1) is 12.2 Å². The standard InChI is InChI=1S/C13H11ClN4OS/c14-9-1-3-10(4-2-9)17-12(19)16-7-11-8-20-13-15-5-6-18(11)13/h1-6,8H,7H2,(H2,16,17,19). The van der Waals surface area contributed by atoms with Gasteiger partial charge in [-0.2, -0.15) is 0 Å². The van der Waals surface area contributed by atoms with Crippen LogP contribution in [0.15, 0.2) is 42.0 Å². The number of thiazole rings is 1. The number of aromatic nitrogens is 2. The van der Waals surface area contributed by atoms with Crippen molar-refractivity contribution in [2.24, 2.45) is 0 Å². The summed E-state index contributed by atoms with van der Waals surface area (Å²) in [5.74, 6) is 0. The maximum absolute atomic E-state index is 11.8. The molecule has 102 valence electrons. The highest BCUT2D eigenvalue weighted by atomic mass is 35.5. The number of halogens is 1. The maximum atomic E-state index is 11.8. The molecule has 0 saturated carbocycles. The molecule has 0 atom stereocenters. The van der Waals surface area contributed by atoms with Gasteiger partial charge in [0.1, 0.15) is 0 Å². The molecule has 0 aliphatic carbocycles. The predicted molar refractivity (Wildman–Crippen MR) is 80.4 cm³/mol. The van der Waals surface area contributed by atoms with E-state index in [4.69, 9.17) is 11.6 Å². The van der Waals surface area contributed by atoms with Gasteiger partial charge in [0, 0.05) is 28.5 Å². The van der Waals surface area contributed by atoms with Crippen molar-refractivity contribution >= 4 is 39.6 Å². The smallest absolute Gasteiger partial charge is 0.319 e. The lowest BCUT2D eigenvalue weighted by molar-refractivity contribution is 0.251. The van der Waals surface area contributed by atoms with Crippen molar-refractivity contribution in [2.45, 2.75) is 6.54 Å². The van der Waals surface area contributed by atoms with E-state index in [0.717, 1.165) is 10.7 Å². The Morgan fingerprint density at radius 2 is 2.15 bits per heavy atom. The van der Waals surface area contributed by atoms with E-state index < -0.39 is 0 Å². The van der Waals surface area contributed by atoms with Crippen LogP contribution in [0.3, 0.4) is 0 Å². The van der Waals surface area contributed by atoms with Gasteiger partial charge in [-0.1, -0.05) is 11.6 Å². The lowest BCUT2D eigenvalue weighted by atomic mass is 10.3. The van der Waals surface area contributed by atoms with E-state index >= 15 is 0 Å². The molecule has 0 aliphatic rings. The molecule has 0 bridgehead atoms. The maximum Gasteiger partial charge on any atom is 0.319 e. The number of hydrogen-bond acceptors (Lipinski definition) is 3. The molecule has 0 aliphatic heterocycles. The lowest BCUT2D eigenvalue weighted by Gasteiger charge is -2.07. The highest BCUT2D eigenvalue weighted by Gasteiger charge is 2.06. The Labute approximate surface area is 124 Å². The summed E-state index contributed by atoms with van der Waals surface area (Å²) in [7, 11) is 0. The van der Waals surface area contributed by atoms with Crippen LogP contribution in [0, 0.1) is 0 Å². The number of urea groups is 1. The van der Waals surface area contributed by atoms with Gasteiger partial charge in [0.15, 0.2) is 4.96 Å². The normalized spacial score (nSPS) is 10.7. The van der Waals surface area contributed by atoms with Gasteiger partial charge in [0.2, 0.25) is 0 Å². The highest BCUT2D eigenvalue weighted by molar-refractivity contribution is 7.15. The number of carbonyl (C=O) groups is 1. The first-order valence-electron chi connectivity index (χ1n) is 5.92. The molecule has 20 heavy (non-hydrogen) atoms. The molecular weight excluding hydrogens is 296 g/mol. The van der Waals surface area contributed by atoms with Crippen molar-refractivity contribution in [3.63, 3.8) is 0 Å². The molecule has 2 aromatic heterocycles. The summed E-state index contributed by atoms with van der Waals surface area (Å²) in [6.07, 6.45) is 3.61. The van der Waals surface area contributed by atoms with Crippen LogP contribution < -0.4 is 10.6 Å². The number of fused-ring (bicyclic) bond motifs is 1. The fraction of sp³-hybridized carbons (Fsp3) is 0.0769. The first kappa shape index (κ1) is 13.0. The molecule has 3 aromatic rings. The van der Waals surface area contributed by atoms with Crippen LogP contribution in [0.2, 0.25) is 5.02 Å². The Morgan fingerprint density at radius 1 is 1.35 bits per heavy atom. The van der Waals surface area contributed by atoms with Crippen LogP contribution >= 0.6 is 22.9 Å². The van der Waals surface area contributed by atoms with E-state index in [9.17, 15) is 4.79 Å². The van der Waals surface area contributed by atoms with Crippen molar-refractivity contribution in [2.75, 3.05) is 5.32 Å². The lowest BCUT2D eigenvalue weighted by Crippen LogP contribution is -2.28. The number of amides is 2. The van der Waals surface area contributed by atoms with Gasteiger partial charge in [-0.05, 0) is 24.3 Å². The number of nitrogens with zero attached hydrogens (tertiary/aromatic N) is 2. The third-order valence-electron chi connectivity index (χ3n) is 2.75. The first-order valence-corrected chi connectivity index (χ1v) is 7.18. The molecule has 0 spiro atoms. The van der Waals surface area contributed by atoms with E-state index in [1.807, 2.05) is 16.0 Å². The molecule has 2 N–H and O–H groups in total. The molecule has 5 nitrogen and oxygen atoms in total. The number of benzene rings is 1. The summed E-state index contributed by atoms with van der Waals surface area (Å²) in [6.45, 7) is 0.440. The Balaban J connectivity index is 1.59. The van der Waals surface area contributed by atoms with Crippen LogP contribution in [0.5, 0.6) is 0 Å². The second-order valence-electron chi connectivity index (χ2n) is 4.12. The van der Waals surface area contributed by atoms with E-state index in [1.165, 1.54) is 0 Å². The second kappa shape index (κ2) is 5.52. The Kier molecular flexibility index (Phi) is 3.58. The molecule has 0 radical (unpaired) electrons. The fourth-order valence-corrected chi connectivity index (χ4v) is 2.76. The van der Waals surface area contributed by atoms with E-state index in [0.29, 0.717) is 17.3 Å². The first-order chi connectivity index (χ1) is 9.72. The molecule has 0 unspecified atom stereocenters. The molecule has 7 heteroatoms. The number of nitrogens with one attached hydrogen (secondary N) is 2. The van der Waals surface area contributed by atoms with Crippen LogP contribution in [-0.4, -0.2) is 15.4 Å². The predicted octanol–water partition coefficient (Wildman–Crippen LogP) is 3.37. The highest BCUT2D eigenvalue weighted by Crippen LogP contribution is 2.15. The third kappa shape index (κ3) is 2.76. The second-order valence-corrected chi connectivity index (χ2v) is 5.39. The van der Waals surface area contributed by atoms with Crippen LogP contribution in [0.25, 0.3) is 4.96 Å². The molecule has 0 fully saturated rings. The zero-order valence-corrected chi connectivity index (χ0v) is 11.9. The monoisotopic (exact) mass is 306 g/mol. The van der Waals surface area contributed by atoms with Crippen molar-refractivity contribution in [1.82, 2.24) is 14.7 Å². The topological polar surface area (TPSA) is 58.4 Å². The minimum atomic E-state index is -0.258. The molecule has 3 rings (SSSR count). The van der Waals surface area contributed by atoms with Crippen molar-refractivity contribution < 1.29 is 4.79 Å². The molecule has 2 amide bonds. The Morgan fingerprint density at radius 3 is 2.95 bits per heavy atom. The molecular formula is C13H11ClN4OS. The summed E-state index contributed by atoms with van der Waals surface area (Å²) in [5.41, 5.74) is 1.69. The summed E-state index contributed by atoms with van der Waals surface area (Å²) in [5, 5.41) is 8.16. The van der Waals surface area contributed by atoms with Gasteiger partial charge < -0.3 is 10.6 Å². The minimum absolute atomic E-state index is 0.258.